The van der Waals surface area contributed by atoms with Crippen molar-refractivity contribution in [2.45, 2.75) is 26.9 Å². The third-order valence-electron chi connectivity index (χ3n) is 3.42. The molecule has 0 atom stereocenters. The summed E-state index contributed by atoms with van der Waals surface area (Å²) < 4.78 is 2.00. The summed E-state index contributed by atoms with van der Waals surface area (Å²) in [6, 6.07) is 8.92. The van der Waals surface area contributed by atoms with Crippen LogP contribution in [0.5, 0.6) is 0 Å². The number of para-hydroxylation sites is 1. The van der Waals surface area contributed by atoms with E-state index in [1.807, 2.05) is 19.1 Å². The van der Waals surface area contributed by atoms with Crippen molar-refractivity contribution >= 4 is 11.6 Å². The Kier molecular flexibility index (Phi) is 4.76. The molecule has 7 heteroatoms. The second kappa shape index (κ2) is 6.75. The van der Waals surface area contributed by atoms with Crippen LogP contribution in [0.3, 0.4) is 0 Å². The van der Waals surface area contributed by atoms with E-state index >= 15 is 0 Å². The van der Waals surface area contributed by atoms with E-state index in [2.05, 4.69) is 5.32 Å². The van der Waals surface area contributed by atoms with Crippen LogP contribution in [-0.4, -0.2) is 15.0 Å². The summed E-state index contributed by atoms with van der Waals surface area (Å²) in [6.07, 6.45) is 1.21. The van der Waals surface area contributed by atoms with Gasteiger partial charge in [0.2, 0.25) is 5.91 Å². The van der Waals surface area contributed by atoms with Gasteiger partial charge in [0.25, 0.3) is 5.56 Å². The van der Waals surface area contributed by atoms with Crippen molar-refractivity contribution in [3.63, 3.8) is 0 Å². The maximum Gasteiger partial charge on any atom is 0.331 e. The van der Waals surface area contributed by atoms with Crippen molar-refractivity contribution in [1.29, 1.82) is 5.26 Å². The molecule has 1 aromatic carbocycles. The van der Waals surface area contributed by atoms with E-state index in [0.29, 0.717) is 12.2 Å². The molecular formula is C16H16N4O3. The predicted molar refractivity (Wildman–Crippen MR) is 85.2 cm³/mol. The van der Waals surface area contributed by atoms with Crippen LogP contribution in [-0.2, 0) is 17.9 Å². The first-order chi connectivity index (χ1) is 11.0. The van der Waals surface area contributed by atoms with Gasteiger partial charge in [-0.05, 0) is 25.5 Å². The summed E-state index contributed by atoms with van der Waals surface area (Å²) in [5.74, 6) is -0.503. The molecule has 0 saturated heterocycles. The number of nitrogens with one attached hydrogen (secondary N) is 1. The van der Waals surface area contributed by atoms with Crippen molar-refractivity contribution in [1.82, 2.24) is 9.13 Å². The molecule has 0 bridgehead atoms. The van der Waals surface area contributed by atoms with Gasteiger partial charge >= 0.3 is 5.69 Å². The Hall–Kier alpha value is -3.14. The van der Waals surface area contributed by atoms with Gasteiger partial charge in [-0.3, -0.25) is 14.2 Å². The minimum absolute atomic E-state index is 0.171. The number of hydrogen-bond acceptors (Lipinski definition) is 4. The van der Waals surface area contributed by atoms with E-state index in [1.54, 1.807) is 25.1 Å². The van der Waals surface area contributed by atoms with E-state index in [9.17, 15) is 14.4 Å². The first kappa shape index (κ1) is 16.2. The molecule has 0 radical (unpaired) electrons. The topological polar surface area (TPSA) is 96.9 Å². The lowest BCUT2D eigenvalue weighted by Crippen LogP contribution is -2.43. The standard InChI is InChI=1S/C16H16N4O3/c1-3-19-9-12(8-17)15(22)20(16(19)23)10-14(21)18-13-7-5-4-6-11(13)2/h4-7,9H,3,10H2,1-2H3,(H,18,21). The Morgan fingerprint density at radius 2 is 2.00 bits per heavy atom. The molecule has 0 fully saturated rings. The molecule has 2 aromatic rings. The van der Waals surface area contributed by atoms with Crippen LogP contribution in [0.4, 0.5) is 5.69 Å². The second-order valence-corrected chi connectivity index (χ2v) is 4.98. The number of aryl methyl sites for hydroxylation is 2. The molecule has 1 amide bonds. The van der Waals surface area contributed by atoms with E-state index in [1.165, 1.54) is 10.8 Å². The quantitative estimate of drug-likeness (QED) is 0.905. The SMILES string of the molecule is CCn1cc(C#N)c(=O)n(CC(=O)Nc2ccccc2C)c1=O. The molecule has 0 spiro atoms. The number of aromatic nitrogens is 2. The number of anilines is 1. The number of rotatable bonds is 4. The summed E-state index contributed by atoms with van der Waals surface area (Å²) in [6.45, 7) is 3.40. The lowest BCUT2D eigenvalue weighted by molar-refractivity contribution is -0.116. The van der Waals surface area contributed by atoms with E-state index in [-0.39, 0.29) is 5.56 Å². The maximum absolute atomic E-state index is 12.2. The zero-order valence-corrected chi connectivity index (χ0v) is 12.9. The second-order valence-electron chi connectivity index (χ2n) is 4.98. The maximum atomic E-state index is 12.2. The molecule has 0 aliphatic carbocycles. The van der Waals surface area contributed by atoms with E-state index in [4.69, 9.17) is 5.26 Å². The van der Waals surface area contributed by atoms with Crippen LogP contribution < -0.4 is 16.6 Å². The normalized spacial score (nSPS) is 10.1. The Labute approximate surface area is 132 Å². The van der Waals surface area contributed by atoms with Gasteiger partial charge in [-0.2, -0.15) is 5.26 Å². The average molecular weight is 312 g/mol. The van der Waals surface area contributed by atoms with Gasteiger partial charge < -0.3 is 5.32 Å². The van der Waals surface area contributed by atoms with Crippen LogP contribution in [0, 0.1) is 18.3 Å². The average Bonchev–Trinajstić information content (AvgIpc) is 2.54. The first-order valence-electron chi connectivity index (χ1n) is 7.07. The fraction of sp³-hybridized carbons (Fsp3) is 0.250. The minimum Gasteiger partial charge on any atom is -0.324 e. The summed E-state index contributed by atoms with van der Waals surface area (Å²) in [4.78, 5) is 36.4. The summed E-state index contributed by atoms with van der Waals surface area (Å²) >= 11 is 0. The number of benzene rings is 1. The molecule has 0 aliphatic heterocycles. The number of carbonyl (C=O) groups excluding carboxylic acids is 1. The Bertz CT molecular complexity index is 903. The Balaban J connectivity index is 2.35. The number of nitrogens with zero attached hydrogens (tertiary/aromatic N) is 3. The monoisotopic (exact) mass is 312 g/mol. The van der Waals surface area contributed by atoms with Crippen LogP contribution in [0.15, 0.2) is 40.1 Å². The third-order valence-corrected chi connectivity index (χ3v) is 3.42. The number of carbonyl (C=O) groups is 1. The fourth-order valence-corrected chi connectivity index (χ4v) is 2.14. The highest BCUT2D eigenvalue weighted by atomic mass is 16.2. The van der Waals surface area contributed by atoms with Gasteiger partial charge in [-0.25, -0.2) is 9.36 Å². The summed E-state index contributed by atoms with van der Waals surface area (Å²) in [7, 11) is 0. The molecule has 2 rings (SSSR count). The lowest BCUT2D eigenvalue weighted by Gasteiger charge is -2.11. The smallest absolute Gasteiger partial charge is 0.324 e. The largest absolute Gasteiger partial charge is 0.331 e. The zero-order chi connectivity index (χ0) is 17.0. The first-order valence-corrected chi connectivity index (χ1v) is 7.07. The highest BCUT2D eigenvalue weighted by Crippen LogP contribution is 2.12. The van der Waals surface area contributed by atoms with Gasteiger partial charge in [-0.1, -0.05) is 18.2 Å². The van der Waals surface area contributed by atoms with Gasteiger partial charge in [0.1, 0.15) is 18.2 Å². The Morgan fingerprint density at radius 1 is 1.30 bits per heavy atom. The molecule has 0 aliphatic rings. The molecule has 0 unspecified atom stereocenters. The highest BCUT2D eigenvalue weighted by molar-refractivity contribution is 5.91. The summed E-state index contributed by atoms with van der Waals surface area (Å²) in [5.41, 5.74) is -0.0727. The zero-order valence-electron chi connectivity index (χ0n) is 12.9. The summed E-state index contributed by atoms with van der Waals surface area (Å²) in [5, 5.41) is 11.6. The molecule has 1 aromatic heterocycles. The van der Waals surface area contributed by atoms with Crippen LogP contribution in [0.2, 0.25) is 0 Å². The molecule has 23 heavy (non-hydrogen) atoms. The third kappa shape index (κ3) is 3.37. The molecule has 7 nitrogen and oxygen atoms in total. The van der Waals surface area contributed by atoms with E-state index < -0.39 is 23.7 Å². The van der Waals surface area contributed by atoms with Gasteiger partial charge in [0.15, 0.2) is 0 Å². The van der Waals surface area contributed by atoms with Crippen molar-refractivity contribution in [3.05, 3.63) is 62.4 Å². The van der Waals surface area contributed by atoms with E-state index in [0.717, 1.165) is 10.1 Å². The number of amides is 1. The fourth-order valence-electron chi connectivity index (χ4n) is 2.14. The van der Waals surface area contributed by atoms with Crippen LogP contribution in [0.25, 0.3) is 0 Å². The molecular weight excluding hydrogens is 296 g/mol. The molecule has 0 saturated carbocycles. The van der Waals surface area contributed by atoms with Gasteiger partial charge in [0.05, 0.1) is 0 Å². The van der Waals surface area contributed by atoms with Crippen LogP contribution in [0.1, 0.15) is 18.1 Å². The van der Waals surface area contributed by atoms with Gasteiger partial charge in [-0.15, -0.1) is 0 Å². The highest BCUT2D eigenvalue weighted by Gasteiger charge is 2.14. The number of hydrogen-bond donors (Lipinski definition) is 1. The Morgan fingerprint density at radius 3 is 2.61 bits per heavy atom. The minimum atomic E-state index is -0.762. The lowest BCUT2D eigenvalue weighted by atomic mass is 10.2. The van der Waals surface area contributed by atoms with Crippen molar-refractivity contribution in [3.8, 4) is 6.07 Å². The predicted octanol–water partition coefficient (Wildman–Crippen LogP) is 0.849. The van der Waals surface area contributed by atoms with Crippen molar-refractivity contribution < 1.29 is 4.79 Å². The van der Waals surface area contributed by atoms with Crippen molar-refractivity contribution in [2.75, 3.05) is 5.32 Å². The molecule has 1 N–H and O–H groups in total. The van der Waals surface area contributed by atoms with Crippen molar-refractivity contribution in [2.24, 2.45) is 0 Å². The van der Waals surface area contributed by atoms with Gasteiger partial charge in [0, 0.05) is 18.4 Å². The number of nitriles is 1. The molecule has 118 valence electrons. The van der Waals surface area contributed by atoms with Crippen LogP contribution >= 0.6 is 0 Å². The molecule has 1 heterocycles.